The molecule has 1 atom stereocenters. The van der Waals surface area contributed by atoms with Crippen LogP contribution in [-0.2, 0) is 36.6 Å². The minimum atomic E-state index is -5.68. The predicted molar refractivity (Wildman–Crippen MR) is 198 cm³/mol. The lowest BCUT2D eigenvalue weighted by atomic mass is 9.82. The molecule has 5 aromatic rings. The third kappa shape index (κ3) is 8.15. The molecule has 1 aromatic heterocycles. The average Bonchev–Trinajstić information content (AvgIpc) is 3.06. The molecule has 14 heteroatoms. The van der Waals surface area contributed by atoms with Crippen LogP contribution in [0.25, 0.3) is 22.0 Å². The number of methoxy groups -OCH3 is 1. The van der Waals surface area contributed by atoms with Crippen molar-refractivity contribution >= 4 is 59.1 Å². The van der Waals surface area contributed by atoms with Crippen LogP contribution in [0.1, 0.15) is 48.2 Å². The quantitative estimate of drug-likeness (QED) is 0.0860. The number of benzene rings is 4. The first-order valence-electron chi connectivity index (χ1n) is 15.5. The van der Waals surface area contributed by atoms with Crippen molar-refractivity contribution in [3.8, 4) is 11.1 Å². The summed E-state index contributed by atoms with van der Waals surface area (Å²) in [5, 5.41) is 0.396. The molecule has 1 heterocycles. The topological polar surface area (TPSA) is 137 Å². The van der Waals surface area contributed by atoms with Crippen molar-refractivity contribution in [2.45, 2.75) is 43.0 Å². The van der Waals surface area contributed by atoms with E-state index in [1.807, 2.05) is 72.8 Å². The number of rotatable bonds is 13. The molecule has 4 aromatic carbocycles. The maximum atomic E-state index is 14.2. The summed E-state index contributed by atoms with van der Waals surface area (Å²) in [5.74, 6) is 1.26. The SMILES string of the molecule is COC(CC(C)C)(c1ccccc1)c1ccc2cc(-c3ccc(CSCc4ccc(C(F)(F)P(=O)(O)O)c(Br)c4)cc3)cc(P(=O)(O)O)c2n1. The van der Waals surface area contributed by atoms with Gasteiger partial charge in [0, 0.05) is 34.0 Å². The Hall–Kier alpha value is -2.76. The molecule has 0 amide bonds. The second kappa shape index (κ2) is 15.1. The summed E-state index contributed by atoms with van der Waals surface area (Å²) < 4.78 is 58.5. The van der Waals surface area contributed by atoms with E-state index < -0.39 is 32.0 Å². The summed E-state index contributed by atoms with van der Waals surface area (Å²) in [7, 11) is -8.82. The highest BCUT2D eigenvalue weighted by Crippen LogP contribution is 2.60. The van der Waals surface area contributed by atoms with Crippen molar-refractivity contribution in [3.05, 3.63) is 129 Å². The summed E-state index contributed by atoms with van der Waals surface area (Å²) >= 11 is 4.54. The number of hydrogen-bond donors (Lipinski definition) is 4. The van der Waals surface area contributed by atoms with Crippen molar-refractivity contribution in [1.29, 1.82) is 0 Å². The molecule has 1 unspecified atom stereocenters. The molecule has 0 aliphatic rings. The Morgan fingerprint density at radius 2 is 1.48 bits per heavy atom. The Kier molecular flexibility index (Phi) is 11.6. The zero-order valence-electron chi connectivity index (χ0n) is 27.3. The number of thioether (sulfide) groups is 1. The standard InChI is InChI=1S/C36H36BrF2NO7P2S/c1-23(2)20-35(47-3,29-7-5-4-6-8-29)33-16-14-27-18-28(19-32(34(27)40-33)48(41,42)43)26-12-9-24(10-13-26)21-50-22-25-11-15-30(31(37)17-25)36(38,39)49(44,45)46/h4-19,23H,20-22H2,1-3H3,(H2,41,42,43)(H2,44,45,46). The number of halogens is 3. The van der Waals surface area contributed by atoms with Crippen LogP contribution in [0.2, 0.25) is 0 Å². The molecule has 5 rings (SSSR count). The molecule has 264 valence electrons. The van der Waals surface area contributed by atoms with Crippen LogP contribution in [0.4, 0.5) is 8.78 Å². The van der Waals surface area contributed by atoms with E-state index in [1.165, 1.54) is 30.0 Å². The highest BCUT2D eigenvalue weighted by molar-refractivity contribution is 9.10. The minimum absolute atomic E-state index is 0.0884. The lowest BCUT2D eigenvalue weighted by molar-refractivity contribution is 0.00108. The molecule has 8 nitrogen and oxygen atoms in total. The van der Waals surface area contributed by atoms with Crippen molar-refractivity contribution < 1.29 is 42.2 Å². The Balaban J connectivity index is 1.39. The largest absolute Gasteiger partial charge is 0.399 e. The van der Waals surface area contributed by atoms with E-state index in [2.05, 4.69) is 29.8 Å². The second-order valence-corrected chi connectivity index (χ2v) is 17.5. The van der Waals surface area contributed by atoms with Gasteiger partial charge in [-0.1, -0.05) is 103 Å². The molecular weight excluding hydrogens is 770 g/mol. The van der Waals surface area contributed by atoms with E-state index in [-0.39, 0.29) is 21.2 Å². The molecule has 0 saturated heterocycles. The van der Waals surface area contributed by atoms with Gasteiger partial charge in [0.2, 0.25) is 0 Å². The number of pyridine rings is 1. The number of alkyl halides is 2. The van der Waals surface area contributed by atoms with Crippen LogP contribution >= 0.6 is 42.9 Å². The van der Waals surface area contributed by atoms with Crippen LogP contribution in [0.15, 0.2) is 102 Å². The molecule has 0 aliphatic heterocycles. The Morgan fingerprint density at radius 3 is 2.06 bits per heavy atom. The highest BCUT2D eigenvalue weighted by atomic mass is 79.9. The Bertz CT molecular complexity index is 2090. The van der Waals surface area contributed by atoms with Gasteiger partial charge in [-0.15, -0.1) is 0 Å². The van der Waals surface area contributed by atoms with E-state index in [1.54, 1.807) is 7.11 Å². The fraction of sp³-hybridized carbons (Fsp3) is 0.250. The van der Waals surface area contributed by atoms with Crippen LogP contribution in [0.5, 0.6) is 0 Å². The zero-order chi connectivity index (χ0) is 36.5. The monoisotopic (exact) mass is 805 g/mol. The van der Waals surface area contributed by atoms with Gasteiger partial charge >= 0.3 is 20.9 Å². The third-order valence-electron chi connectivity index (χ3n) is 8.33. The van der Waals surface area contributed by atoms with Gasteiger partial charge in [-0.3, -0.25) is 9.13 Å². The summed E-state index contributed by atoms with van der Waals surface area (Å²) in [5.41, 5.74) is -1.33. The average molecular weight is 807 g/mol. The number of nitrogens with zero attached hydrogens (tertiary/aromatic N) is 1. The summed E-state index contributed by atoms with van der Waals surface area (Å²) in [4.78, 5) is 43.9. The van der Waals surface area contributed by atoms with Crippen LogP contribution in [0, 0.1) is 5.92 Å². The first kappa shape index (κ1) is 38.5. The van der Waals surface area contributed by atoms with Crippen molar-refractivity contribution in [3.63, 3.8) is 0 Å². The smallest absolute Gasteiger partial charge is 0.367 e. The van der Waals surface area contributed by atoms with Gasteiger partial charge in [0.05, 0.1) is 16.5 Å². The van der Waals surface area contributed by atoms with E-state index >= 15 is 0 Å². The molecular formula is C36H36BrF2NO7P2S. The van der Waals surface area contributed by atoms with Crippen molar-refractivity contribution in [2.24, 2.45) is 5.92 Å². The maximum absolute atomic E-state index is 14.2. The fourth-order valence-corrected chi connectivity index (χ4v) is 8.96. The van der Waals surface area contributed by atoms with Crippen molar-refractivity contribution in [1.82, 2.24) is 4.98 Å². The lowest BCUT2D eigenvalue weighted by Gasteiger charge is -2.34. The summed E-state index contributed by atoms with van der Waals surface area (Å²) in [6.07, 6.45) is 0.599. The second-order valence-electron chi connectivity index (χ2n) is 12.4. The highest BCUT2D eigenvalue weighted by Gasteiger charge is 2.51. The van der Waals surface area contributed by atoms with Gasteiger partial charge in [-0.25, -0.2) is 4.98 Å². The van der Waals surface area contributed by atoms with Gasteiger partial charge in [0.25, 0.3) is 0 Å². The Morgan fingerprint density at radius 1 is 0.840 bits per heavy atom. The Labute approximate surface area is 301 Å². The molecule has 0 spiro atoms. The normalized spacial score (nSPS) is 13.9. The van der Waals surface area contributed by atoms with E-state index in [0.29, 0.717) is 40.1 Å². The third-order valence-corrected chi connectivity index (χ3v) is 12.0. The van der Waals surface area contributed by atoms with Gasteiger partial charge in [-0.05, 0) is 64.4 Å². The molecule has 0 radical (unpaired) electrons. The van der Waals surface area contributed by atoms with Crippen LogP contribution < -0.4 is 5.30 Å². The summed E-state index contributed by atoms with van der Waals surface area (Å²) in [6.45, 7) is 4.16. The molecule has 0 fully saturated rings. The van der Waals surface area contributed by atoms with Gasteiger partial charge in [-0.2, -0.15) is 20.5 Å². The van der Waals surface area contributed by atoms with E-state index in [9.17, 15) is 27.7 Å². The van der Waals surface area contributed by atoms with E-state index in [0.717, 1.165) is 22.8 Å². The van der Waals surface area contributed by atoms with E-state index in [4.69, 9.17) is 19.5 Å². The molecule has 4 N–H and O–H groups in total. The van der Waals surface area contributed by atoms with Gasteiger partial charge in [0.15, 0.2) is 0 Å². The number of aromatic nitrogens is 1. The number of ether oxygens (including phenoxy) is 1. The fourth-order valence-electron chi connectivity index (χ4n) is 5.92. The van der Waals surface area contributed by atoms with Crippen LogP contribution in [-0.4, -0.2) is 31.7 Å². The lowest BCUT2D eigenvalue weighted by Crippen LogP contribution is -2.33. The van der Waals surface area contributed by atoms with Gasteiger partial charge in [0.1, 0.15) is 5.60 Å². The molecule has 0 aliphatic carbocycles. The minimum Gasteiger partial charge on any atom is -0.367 e. The van der Waals surface area contributed by atoms with Crippen molar-refractivity contribution in [2.75, 3.05) is 7.11 Å². The zero-order valence-corrected chi connectivity index (χ0v) is 31.5. The molecule has 0 saturated carbocycles. The molecule has 0 bridgehead atoms. The number of fused-ring (bicyclic) bond motifs is 1. The number of hydrogen-bond acceptors (Lipinski definition) is 5. The predicted octanol–water partition coefficient (Wildman–Crippen LogP) is 9.06. The molecule has 50 heavy (non-hydrogen) atoms. The first-order chi connectivity index (χ1) is 23.5. The van der Waals surface area contributed by atoms with Crippen LogP contribution in [0.3, 0.4) is 0 Å². The summed E-state index contributed by atoms with van der Waals surface area (Å²) in [6, 6.07) is 28.1. The first-order valence-corrected chi connectivity index (χ1v) is 20.6. The maximum Gasteiger partial charge on any atom is 0.399 e. The van der Waals surface area contributed by atoms with Gasteiger partial charge < -0.3 is 24.3 Å².